The molecule has 0 bridgehead atoms. The van der Waals surface area contributed by atoms with E-state index >= 15 is 0 Å². The highest BCUT2D eigenvalue weighted by Gasteiger charge is 2.37. The van der Waals surface area contributed by atoms with Crippen LogP contribution in [0.25, 0.3) is 232 Å². The van der Waals surface area contributed by atoms with Crippen LogP contribution in [0.3, 0.4) is 0 Å². The van der Waals surface area contributed by atoms with E-state index in [4.69, 9.17) is 9.97 Å². The molecule has 0 aliphatic carbocycles. The summed E-state index contributed by atoms with van der Waals surface area (Å²) in [5, 5.41) is 17.6. The third-order valence-corrected chi connectivity index (χ3v) is 27.7. The first-order chi connectivity index (χ1) is 65.8. The summed E-state index contributed by atoms with van der Waals surface area (Å²) in [4.78, 5) is 10.7. The van der Waals surface area contributed by atoms with Crippen molar-refractivity contribution in [1.82, 2.24) is 37.4 Å². The molecular weight excluding hydrogens is 1610 g/mol. The lowest BCUT2D eigenvalue weighted by Gasteiger charge is -2.35. The van der Waals surface area contributed by atoms with E-state index in [1.165, 1.54) is 204 Å². The Hall–Kier alpha value is -17.5. The van der Waals surface area contributed by atoms with E-state index in [2.05, 4.69) is 502 Å². The fourth-order valence-corrected chi connectivity index (χ4v) is 21.6. The standard InChI is InChI=1S/C47H32N4.C42H28N2.C36H24N2/c1-47(2)36-22-13-21-34-33-20-11-12-23-40(33)50(45(34)36)43-28-42-35(26-37(43)47)44-32-19-10-9-14-29(32)24-25-41(44)51(42)46-48-38(30-15-5-3-6-16-30)27-39(49-46)31-17-7-4-8-18-31;1-3-11-29(12-4-1)30-19-23-34(24-20-30)44-40-18-10-8-16-36(40)38-28-32(22-26-42(38)44)31-21-25-41-37(27-31)35-15-7-9-17-39(35)43(41)33-13-5-2-6-14-33;1-3-11-27(12-4-1)37-33-17-9-7-15-29(33)31-23-25(19-21-35(31)37)26-20-22-36-32(24-26)30-16-8-10-18-34(30)38(36)28-13-5-2-6-14-28/h3-28H,1-2H3;1-28H;1-24H. The molecule has 20 aromatic carbocycles. The van der Waals surface area contributed by atoms with Gasteiger partial charge in [0.05, 0.1) is 83.3 Å². The minimum Gasteiger partial charge on any atom is -0.309 e. The Bertz CT molecular complexity index is 9110. The third kappa shape index (κ3) is 12.4. The molecule has 0 spiro atoms. The van der Waals surface area contributed by atoms with Crippen LogP contribution in [-0.2, 0) is 5.41 Å². The molecule has 0 unspecified atom stereocenters. The molecule has 8 heterocycles. The maximum Gasteiger partial charge on any atom is 0.235 e. The topological polar surface area (TPSA) is 55.4 Å². The molecule has 0 saturated carbocycles. The summed E-state index contributed by atoms with van der Waals surface area (Å²) in [6.07, 6.45) is 0. The van der Waals surface area contributed by atoms with Crippen LogP contribution < -0.4 is 0 Å². The maximum absolute atomic E-state index is 5.35. The second kappa shape index (κ2) is 30.9. The van der Waals surface area contributed by atoms with Crippen molar-refractivity contribution in [1.29, 1.82) is 0 Å². The Morgan fingerprint density at radius 1 is 0.180 bits per heavy atom. The van der Waals surface area contributed by atoms with Gasteiger partial charge >= 0.3 is 0 Å². The molecule has 7 aromatic heterocycles. The summed E-state index contributed by atoms with van der Waals surface area (Å²) in [6, 6.07) is 171. The zero-order valence-corrected chi connectivity index (χ0v) is 73.1. The molecule has 133 heavy (non-hydrogen) atoms. The molecule has 27 aromatic rings. The van der Waals surface area contributed by atoms with Gasteiger partial charge in [-0.05, 0) is 207 Å². The molecule has 0 atom stereocenters. The minimum atomic E-state index is -0.226. The first-order valence-electron chi connectivity index (χ1n) is 45.8. The molecule has 28 rings (SSSR count). The van der Waals surface area contributed by atoms with Crippen LogP contribution in [0.5, 0.6) is 0 Å². The van der Waals surface area contributed by atoms with Crippen LogP contribution in [0.4, 0.5) is 0 Å². The normalized spacial score (nSPS) is 12.3. The summed E-state index contributed by atoms with van der Waals surface area (Å²) in [5.41, 5.74) is 34.1. The molecule has 0 N–H and O–H groups in total. The lowest BCUT2D eigenvalue weighted by molar-refractivity contribution is 0.631. The highest BCUT2D eigenvalue weighted by Crippen LogP contribution is 2.52. The van der Waals surface area contributed by atoms with Crippen LogP contribution in [-0.4, -0.2) is 37.4 Å². The van der Waals surface area contributed by atoms with E-state index < -0.39 is 0 Å². The molecule has 0 radical (unpaired) electrons. The van der Waals surface area contributed by atoms with E-state index in [1.54, 1.807) is 0 Å². The molecule has 624 valence electrons. The van der Waals surface area contributed by atoms with Crippen molar-refractivity contribution in [2.75, 3.05) is 0 Å². The smallest absolute Gasteiger partial charge is 0.235 e. The molecule has 1 aliphatic heterocycles. The van der Waals surface area contributed by atoms with E-state index in [0.717, 1.165) is 33.5 Å². The van der Waals surface area contributed by atoms with Gasteiger partial charge in [-0.15, -0.1) is 0 Å². The average Bonchev–Trinajstić information content (AvgIpc) is 1.53. The molecule has 0 fully saturated rings. The number of benzene rings is 20. The van der Waals surface area contributed by atoms with Gasteiger partial charge < -0.3 is 22.8 Å². The van der Waals surface area contributed by atoms with Gasteiger partial charge in [-0.2, -0.15) is 0 Å². The van der Waals surface area contributed by atoms with Gasteiger partial charge in [0, 0.05) is 104 Å². The molecule has 0 saturated heterocycles. The predicted molar refractivity (Wildman–Crippen MR) is 558 cm³/mol. The number of rotatable bonds is 10. The Balaban J connectivity index is 0.000000105. The maximum atomic E-state index is 5.35. The van der Waals surface area contributed by atoms with Gasteiger partial charge in [-0.1, -0.05) is 335 Å². The van der Waals surface area contributed by atoms with Crippen molar-refractivity contribution >= 4 is 142 Å². The van der Waals surface area contributed by atoms with Gasteiger partial charge in [-0.25, -0.2) is 9.97 Å². The minimum absolute atomic E-state index is 0.226. The van der Waals surface area contributed by atoms with Gasteiger partial charge in [0.1, 0.15) is 0 Å². The van der Waals surface area contributed by atoms with Crippen molar-refractivity contribution in [3.8, 4) is 90.3 Å². The largest absolute Gasteiger partial charge is 0.309 e. The second-order valence-corrected chi connectivity index (χ2v) is 35.5. The van der Waals surface area contributed by atoms with E-state index in [9.17, 15) is 0 Å². The summed E-state index contributed by atoms with van der Waals surface area (Å²) >= 11 is 0. The first kappa shape index (κ1) is 76.7. The number of fused-ring (bicyclic) bond motifs is 22. The summed E-state index contributed by atoms with van der Waals surface area (Å²) in [6.45, 7) is 4.76. The van der Waals surface area contributed by atoms with E-state index in [0.29, 0.717) is 5.95 Å². The summed E-state index contributed by atoms with van der Waals surface area (Å²) in [5.74, 6) is 0.656. The lowest BCUT2D eigenvalue weighted by atomic mass is 9.74. The first-order valence-corrected chi connectivity index (χ1v) is 45.8. The fraction of sp³-hybridized carbons (Fsp3) is 0.0240. The number of aromatic nitrogens is 8. The van der Waals surface area contributed by atoms with Crippen molar-refractivity contribution in [3.63, 3.8) is 0 Å². The van der Waals surface area contributed by atoms with Gasteiger partial charge in [0.25, 0.3) is 0 Å². The number of hydrogen-bond acceptors (Lipinski definition) is 2. The third-order valence-electron chi connectivity index (χ3n) is 27.7. The van der Waals surface area contributed by atoms with Crippen molar-refractivity contribution in [3.05, 3.63) is 484 Å². The number of para-hydroxylation sites is 9. The molecule has 0 amide bonds. The zero-order valence-electron chi connectivity index (χ0n) is 73.1. The van der Waals surface area contributed by atoms with E-state index in [1.807, 2.05) is 12.1 Å². The van der Waals surface area contributed by atoms with Crippen molar-refractivity contribution in [2.45, 2.75) is 19.3 Å². The fourth-order valence-electron chi connectivity index (χ4n) is 21.6. The van der Waals surface area contributed by atoms with Crippen LogP contribution in [0.2, 0.25) is 0 Å². The Morgan fingerprint density at radius 3 is 0.917 bits per heavy atom. The van der Waals surface area contributed by atoms with Crippen molar-refractivity contribution in [2.24, 2.45) is 0 Å². The average molecular weight is 1700 g/mol. The van der Waals surface area contributed by atoms with Crippen LogP contribution in [0, 0.1) is 0 Å². The van der Waals surface area contributed by atoms with Gasteiger partial charge in [-0.3, -0.25) is 4.57 Å². The SMILES string of the molecule is CC1(C)c2cc3c4c5ccccc5ccc4n(-c4nc(-c5ccccc5)cc(-c5ccccc5)n4)c3cc2-n2c3ccccc3c3cccc1c32.c1ccc(-c2ccc(-n3c4ccccc4c4cc(-c5ccc6c(c5)c5ccccc5n6-c5ccccc5)ccc43)cc2)cc1.c1ccc(-n2c3ccccc3c3cc(-c4ccc5c(c4)c4ccccc4n5-c4ccccc4)ccc32)cc1. The van der Waals surface area contributed by atoms with Crippen LogP contribution in [0.1, 0.15) is 25.0 Å². The molecule has 8 nitrogen and oxygen atoms in total. The molecule has 1 aliphatic rings. The highest BCUT2D eigenvalue weighted by molar-refractivity contribution is 6.23. The lowest BCUT2D eigenvalue weighted by Crippen LogP contribution is -2.26. The summed E-state index contributed by atoms with van der Waals surface area (Å²) in [7, 11) is 0. The Kier molecular flexibility index (Phi) is 17.8. The number of nitrogens with zero attached hydrogens (tertiary/aromatic N) is 8. The second-order valence-electron chi connectivity index (χ2n) is 35.5. The van der Waals surface area contributed by atoms with E-state index in [-0.39, 0.29) is 5.41 Å². The Labute approximate surface area is 767 Å². The summed E-state index contributed by atoms with van der Waals surface area (Å²) < 4.78 is 14.3. The highest BCUT2D eigenvalue weighted by atomic mass is 15.2. The van der Waals surface area contributed by atoms with Crippen LogP contribution >= 0.6 is 0 Å². The molecule has 8 heteroatoms. The van der Waals surface area contributed by atoms with Crippen LogP contribution in [0.15, 0.2) is 473 Å². The van der Waals surface area contributed by atoms with Crippen molar-refractivity contribution < 1.29 is 0 Å². The molecular formula is C125H84N8. The number of hydrogen-bond donors (Lipinski definition) is 0. The monoisotopic (exact) mass is 1700 g/mol. The van der Waals surface area contributed by atoms with Gasteiger partial charge in [0.2, 0.25) is 5.95 Å². The van der Waals surface area contributed by atoms with Gasteiger partial charge in [0.15, 0.2) is 0 Å². The Morgan fingerprint density at radius 2 is 0.496 bits per heavy atom. The predicted octanol–water partition coefficient (Wildman–Crippen LogP) is 32.6. The zero-order chi connectivity index (χ0) is 87.9. The quantitative estimate of drug-likeness (QED) is 0.137.